The maximum atomic E-state index is 13.0. The lowest BCUT2D eigenvalue weighted by Gasteiger charge is -2.22. The molecule has 0 aliphatic carbocycles. The number of benzene rings is 2. The lowest BCUT2D eigenvalue weighted by molar-refractivity contribution is -0.118. The average molecular weight is 414 g/mol. The second kappa shape index (κ2) is 6.82. The summed E-state index contributed by atoms with van der Waals surface area (Å²) in [5.74, 6) is -1.51. The van der Waals surface area contributed by atoms with Gasteiger partial charge in [0.15, 0.2) is 22.2 Å². The summed E-state index contributed by atoms with van der Waals surface area (Å²) in [5, 5.41) is 2.41. The Morgan fingerprint density at radius 3 is 2.44 bits per heavy atom. The third-order valence-electron chi connectivity index (χ3n) is 3.78. The van der Waals surface area contributed by atoms with Crippen molar-refractivity contribution >= 4 is 37.1 Å². The molecule has 0 unspecified atom stereocenters. The lowest BCUT2D eigenvalue weighted by atomic mass is 10.2. The van der Waals surface area contributed by atoms with Crippen LogP contribution in [0.2, 0.25) is 0 Å². The fraction of sp³-hybridized carbons (Fsp3) is 0.188. The average Bonchev–Trinajstić information content (AvgIpc) is 2.62. The fourth-order valence-electron chi connectivity index (χ4n) is 2.42. The Bertz CT molecular complexity index is 1110. The van der Waals surface area contributed by atoms with Crippen LogP contribution < -0.4 is 14.8 Å². The number of halogens is 1. The van der Waals surface area contributed by atoms with Gasteiger partial charge in [0.25, 0.3) is 15.9 Å². The van der Waals surface area contributed by atoms with Crippen LogP contribution in [0.1, 0.15) is 6.92 Å². The van der Waals surface area contributed by atoms with E-state index in [2.05, 4.69) is 10.0 Å². The van der Waals surface area contributed by atoms with Crippen molar-refractivity contribution in [3.05, 3.63) is 42.2 Å². The van der Waals surface area contributed by atoms with E-state index in [9.17, 15) is 26.0 Å². The number of rotatable bonds is 5. The number of fused-ring (bicyclic) bond motifs is 1. The Kier molecular flexibility index (Phi) is 4.82. The molecule has 0 saturated carbocycles. The molecular formula is C16H15FN2O6S2. The molecule has 8 nitrogen and oxygen atoms in total. The smallest absolute Gasteiger partial charge is 0.265 e. The van der Waals surface area contributed by atoms with Crippen LogP contribution in [-0.4, -0.2) is 35.1 Å². The fourth-order valence-corrected chi connectivity index (χ4v) is 4.67. The predicted molar refractivity (Wildman–Crippen MR) is 95.5 cm³/mol. The number of amides is 1. The molecule has 1 aliphatic rings. The number of anilines is 2. The van der Waals surface area contributed by atoms with Crippen LogP contribution in [0.25, 0.3) is 0 Å². The van der Waals surface area contributed by atoms with Crippen molar-refractivity contribution in [1.82, 2.24) is 0 Å². The topological polar surface area (TPSA) is 119 Å². The van der Waals surface area contributed by atoms with Gasteiger partial charge in [-0.2, -0.15) is 0 Å². The first-order valence-electron chi connectivity index (χ1n) is 7.74. The summed E-state index contributed by atoms with van der Waals surface area (Å²) in [4.78, 5) is 10.8. The first-order valence-corrected chi connectivity index (χ1v) is 10.9. The van der Waals surface area contributed by atoms with Crippen molar-refractivity contribution in [2.24, 2.45) is 0 Å². The SMILES string of the molecule is CCS(=O)(=O)c1cc2c(c(S(=O)(=O)Nc3ccc(F)cc3)c1)OCC(=O)N2. The van der Waals surface area contributed by atoms with Crippen molar-refractivity contribution < 1.29 is 30.8 Å². The molecule has 0 fully saturated rings. The summed E-state index contributed by atoms with van der Waals surface area (Å²) >= 11 is 0. The Hall–Kier alpha value is -2.66. The largest absolute Gasteiger partial charge is 0.480 e. The van der Waals surface area contributed by atoms with Gasteiger partial charge in [-0.05, 0) is 36.4 Å². The maximum Gasteiger partial charge on any atom is 0.265 e. The molecule has 0 bridgehead atoms. The molecule has 0 atom stereocenters. The van der Waals surface area contributed by atoms with Crippen molar-refractivity contribution in [2.45, 2.75) is 16.7 Å². The van der Waals surface area contributed by atoms with Gasteiger partial charge >= 0.3 is 0 Å². The molecule has 2 aromatic rings. The molecule has 1 amide bonds. The maximum absolute atomic E-state index is 13.0. The zero-order valence-corrected chi connectivity index (χ0v) is 15.7. The zero-order valence-electron chi connectivity index (χ0n) is 14.0. The highest BCUT2D eigenvalue weighted by atomic mass is 32.2. The summed E-state index contributed by atoms with van der Waals surface area (Å²) in [6.07, 6.45) is 0. The van der Waals surface area contributed by atoms with E-state index >= 15 is 0 Å². The second-order valence-electron chi connectivity index (χ2n) is 5.65. The van der Waals surface area contributed by atoms with Crippen molar-refractivity contribution in [3.8, 4) is 5.75 Å². The summed E-state index contributed by atoms with van der Waals surface area (Å²) in [6, 6.07) is 6.70. The minimum Gasteiger partial charge on any atom is -0.480 e. The van der Waals surface area contributed by atoms with Gasteiger partial charge in [-0.15, -0.1) is 0 Å². The van der Waals surface area contributed by atoms with E-state index < -0.39 is 43.1 Å². The number of ether oxygens (including phenoxy) is 1. The molecule has 3 rings (SSSR count). The molecule has 0 aromatic heterocycles. The first kappa shape index (κ1) is 19.1. The molecule has 0 saturated heterocycles. The Labute approximate surface area is 155 Å². The van der Waals surface area contributed by atoms with Crippen LogP contribution in [0.15, 0.2) is 46.2 Å². The van der Waals surface area contributed by atoms with E-state index in [1.54, 1.807) is 0 Å². The van der Waals surface area contributed by atoms with Gasteiger partial charge < -0.3 is 10.1 Å². The van der Waals surface area contributed by atoms with Gasteiger partial charge in [0.05, 0.1) is 16.3 Å². The van der Waals surface area contributed by atoms with Gasteiger partial charge in [0, 0.05) is 5.69 Å². The second-order valence-corrected chi connectivity index (χ2v) is 9.58. The minimum absolute atomic E-state index is 0.0553. The molecule has 144 valence electrons. The Balaban J connectivity index is 2.15. The van der Waals surface area contributed by atoms with Crippen LogP contribution in [0.4, 0.5) is 15.8 Å². The molecule has 0 spiro atoms. The normalized spacial score (nSPS) is 14.1. The van der Waals surface area contributed by atoms with Gasteiger partial charge in [-0.1, -0.05) is 6.92 Å². The van der Waals surface area contributed by atoms with E-state index in [1.165, 1.54) is 19.1 Å². The first-order chi connectivity index (χ1) is 12.6. The van der Waals surface area contributed by atoms with E-state index in [0.717, 1.165) is 24.3 Å². The Morgan fingerprint density at radius 2 is 1.81 bits per heavy atom. The summed E-state index contributed by atoms with van der Waals surface area (Å²) < 4.78 is 70.6. The van der Waals surface area contributed by atoms with Crippen molar-refractivity contribution in [1.29, 1.82) is 0 Å². The number of hydrogen-bond donors (Lipinski definition) is 2. The van der Waals surface area contributed by atoms with Gasteiger partial charge in [0.1, 0.15) is 10.7 Å². The highest BCUT2D eigenvalue weighted by molar-refractivity contribution is 7.93. The molecule has 2 N–H and O–H groups in total. The minimum atomic E-state index is -4.29. The van der Waals surface area contributed by atoms with Crippen molar-refractivity contribution in [2.75, 3.05) is 22.4 Å². The molecule has 2 aromatic carbocycles. The number of hydrogen-bond acceptors (Lipinski definition) is 6. The number of carbonyl (C=O) groups is 1. The van der Waals surface area contributed by atoms with Crippen LogP contribution >= 0.6 is 0 Å². The molecule has 1 heterocycles. The predicted octanol–water partition coefficient (Wildman–Crippen LogP) is 1.75. The monoisotopic (exact) mass is 414 g/mol. The quantitative estimate of drug-likeness (QED) is 0.770. The molecule has 11 heteroatoms. The number of nitrogens with one attached hydrogen (secondary N) is 2. The summed E-state index contributed by atoms with van der Waals surface area (Å²) in [6.45, 7) is 1.00. The van der Waals surface area contributed by atoms with Gasteiger partial charge in [-0.3, -0.25) is 9.52 Å². The van der Waals surface area contributed by atoms with Gasteiger partial charge in [-0.25, -0.2) is 21.2 Å². The van der Waals surface area contributed by atoms with E-state index in [0.29, 0.717) is 0 Å². The Morgan fingerprint density at radius 1 is 1.15 bits per heavy atom. The van der Waals surface area contributed by atoms with E-state index in [1.807, 2.05) is 0 Å². The summed E-state index contributed by atoms with van der Waals surface area (Å²) in [5.41, 5.74) is 0.0222. The zero-order chi connectivity index (χ0) is 19.8. The third kappa shape index (κ3) is 3.88. The number of sulfonamides is 1. The van der Waals surface area contributed by atoms with Crippen molar-refractivity contribution in [3.63, 3.8) is 0 Å². The highest BCUT2D eigenvalue weighted by Gasteiger charge is 2.30. The lowest BCUT2D eigenvalue weighted by Crippen LogP contribution is -2.27. The van der Waals surface area contributed by atoms with E-state index in [-0.39, 0.29) is 27.8 Å². The molecule has 27 heavy (non-hydrogen) atoms. The standard InChI is InChI=1S/C16H15FN2O6S2/c1-2-26(21,22)12-7-13-16(25-9-15(20)18-13)14(8-12)27(23,24)19-11-5-3-10(17)4-6-11/h3-8,19H,2,9H2,1H3,(H,18,20). The van der Waals surface area contributed by atoms with E-state index in [4.69, 9.17) is 4.74 Å². The highest BCUT2D eigenvalue weighted by Crippen LogP contribution is 2.38. The molecular weight excluding hydrogens is 399 g/mol. The third-order valence-corrected chi connectivity index (χ3v) is 6.88. The van der Waals surface area contributed by atoms with Crippen LogP contribution in [0.3, 0.4) is 0 Å². The number of sulfone groups is 1. The van der Waals surface area contributed by atoms with Crippen LogP contribution in [0, 0.1) is 5.82 Å². The molecule has 0 radical (unpaired) electrons. The van der Waals surface area contributed by atoms with Crippen LogP contribution in [-0.2, 0) is 24.7 Å². The van der Waals surface area contributed by atoms with Crippen LogP contribution in [0.5, 0.6) is 5.75 Å². The molecule has 1 aliphatic heterocycles. The summed E-state index contributed by atoms with van der Waals surface area (Å²) in [7, 11) is -8.05. The van der Waals surface area contributed by atoms with Gasteiger partial charge in [0.2, 0.25) is 0 Å². The number of carbonyl (C=O) groups excluding carboxylic acids is 1.